The Kier molecular flexibility index (Phi) is 4.77. The first kappa shape index (κ1) is 13.8. The molecule has 1 aliphatic carbocycles. The van der Waals surface area contributed by atoms with Crippen LogP contribution in [-0.2, 0) is 0 Å². The number of hydrogen-bond donors (Lipinski definition) is 2. The summed E-state index contributed by atoms with van der Waals surface area (Å²) in [5.41, 5.74) is 1.01. The van der Waals surface area contributed by atoms with Gasteiger partial charge >= 0.3 is 5.97 Å². The van der Waals surface area contributed by atoms with Gasteiger partial charge in [0.25, 0.3) is 0 Å². The number of carbonyl (C=O) groups is 1. The van der Waals surface area contributed by atoms with Crippen molar-refractivity contribution in [2.45, 2.75) is 51.5 Å². The Morgan fingerprint density at radius 3 is 2.68 bits per heavy atom. The van der Waals surface area contributed by atoms with Crippen molar-refractivity contribution < 1.29 is 9.90 Å². The molecule has 1 unspecified atom stereocenters. The van der Waals surface area contributed by atoms with Gasteiger partial charge in [-0.2, -0.15) is 0 Å². The molecule has 0 saturated heterocycles. The van der Waals surface area contributed by atoms with Gasteiger partial charge in [0.2, 0.25) is 0 Å². The number of carboxylic acid groups (broad SMARTS) is 1. The van der Waals surface area contributed by atoms with Crippen molar-refractivity contribution in [3.05, 3.63) is 24.0 Å². The maximum atomic E-state index is 10.8. The fourth-order valence-corrected chi connectivity index (χ4v) is 2.91. The van der Waals surface area contributed by atoms with Crippen LogP contribution in [0.4, 0.5) is 5.69 Å². The van der Waals surface area contributed by atoms with Gasteiger partial charge in [-0.1, -0.05) is 26.2 Å². The predicted molar refractivity (Wildman–Crippen MR) is 75.5 cm³/mol. The zero-order valence-corrected chi connectivity index (χ0v) is 11.4. The first-order valence-electron chi connectivity index (χ1n) is 7.16. The van der Waals surface area contributed by atoms with Gasteiger partial charge in [-0.3, -0.25) is 0 Å². The first-order chi connectivity index (χ1) is 9.20. The summed E-state index contributed by atoms with van der Waals surface area (Å²) in [4.78, 5) is 14.7. The van der Waals surface area contributed by atoms with Crippen molar-refractivity contribution in [3.8, 4) is 0 Å². The molecule has 0 aromatic carbocycles. The van der Waals surface area contributed by atoms with Crippen LogP contribution in [0.25, 0.3) is 0 Å². The van der Waals surface area contributed by atoms with Crippen LogP contribution in [0, 0.1) is 5.92 Å². The molecule has 2 rings (SSSR count). The lowest BCUT2D eigenvalue weighted by atomic mass is 9.83. The van der Waals surface area contributed by atoms with E-state index in [1.807, 2.05) is 6.07 Å². The Balaban J connectivity index is 1.99. The highest BCUT2D eigenvalue weighted by Gasteiger charge is 2.22. The van der Waals surface area contributed by atoms with Crippen LogP contribution in [0.3, 0.4) is 0 Å². The van der Waals surface area contributed by atoms with Gasteiger partial charge in [0.1, 0.15) is 5.69 Å². The van der Waals surface area contributed by atoms with Crippen molar-refractivity contribution in [2.24, 2.45) is 5.92 Å². The number of aromatic nitrogens is 1. The van der Waals surface area contributed by atoms with Gasteiger partial charge in [-0.15, -0.1) is 0 Å². The van der Waals surface area contributed by atoms with Gasteiger partial charge in [-0.05, 0) is 37.3 Å². The zero-order chi connectivity index (χ0) is 13.7. The molecule has 104 valence electrons. The van der Waals surface area contributed by atoms with E-state index in [1.165, 1.54) is 32.1 Å². The van der Waals surface area contributed by atoms with Crippen molar-refractivity contribution in [3.63, 3.8) is 0 Å². The van der Waals surface area contributed by atoms with E-state index in [0.717, 1.165) is 18.0 Å². The van der Waals surface area contributed by atoms with Gasteiger partial charge in [0.15, 0.2) is 0 Å². The van der Waals surface area contributed by atoms with Crippen molar-refractivity contribution in [2.75, 3.05) is 5.32 Å². The van der Waals surface area contributed by atoms with Crippen LogP contribution in [0.1, 0.15) is 55.9 Å². The van der Waals surface area contributed by atoms with Crippen molar-refractivity contribution in [1.29, 1.82) is 0 Å². The highest BCUT2D eigenvalue weighted by molar-refractivity contribution is 5.85. The molecule has 0 bridgehead atoms. The molecule has 1 heterocycles. The molecule has 0 amide bonds. The van der Waals surface area contributed by atoms with E-state index in [9.17, 15) is 4.79 Å². The summed E-state index contributed by atoms with van der Waals surface area (Å²) in [6, 6.07) is 3.83. The molecule has 2 N–H and O–H groups in total. The number of pyridine rings is 1. The average Bonchev–Trinajstić information content (AvgIpc) is 2.46. The minimum atomic E-state index is -0.981. The van der Waals surface area contributed by atoms with E-state index < -0.39 is 5.97 Å². The maximum Gasteiger partial charge on any atom is 0.354 e. The van der Waals surface area contributed by atoms with Crippen LogP contribution < -0.4 is 5.32 Å². The summed E-state index contributed by atoms with van der Waals surface area (Å²) in [5.74, 6) is -0.247. The van der Waals surface area contributed by atoms with Gasteiger partial charge in [-0.25, -0.2) is 9.78 Å². The predicted octanol–water partition coefficient (Wildman–Crippen LogP) is 3.55. The second-order valence-corrected chi connectivity index (χ2v) is 5.29. The lowest BCUT2D eigenvalue weighted by molar-refractivity contribution is 0.0690. The molecule has 0 spiro atoms. The zero-order valence-electron chi connectivity index (χ0n) is 11.4. The minimum absolute atomic E-state index is 0.0938. The fourth-order valence-electron chi connectivity index (χ4n) is 2.91. The Morgan fingerprint density at radius 2 is 2.16 bits per heavy atom. The third kappa shape index (κ3) is 3.69. The average molecular weight is 262 g/mol. The SMILES string of the molecule is CCC(Nc1ccc(C(=O)O)nc1)C1CCCCC1. The number of nitrogens with one attached hydrogen (secondary N) is 1. The Morgan fingerprint density at radius 1 is 1.42 bits per heavy atom. The largest absolute Gasteiger partial charge is 0.477 e. The summed E-state index contributed by atoms with van der Waals surface area (Å²) < 4.78 is 0. The number of nitrogens with zero attached hydrogens (tertiary/aromatic N) is 1. The fraction of sp³-hybridized carbons (Fsp3) is 0.600. The quantitative estimate of drug-likeness (QED) is 0.851. The number of carboxylic acids is 1. The van der Waals surface area contributed by atoms with Crippen LogP contribution in [-0.4, -0.2) is 22.1 Å². The molecule has 1 aliphatic rings. The van der Waals surface area contributed by atoms with Gasteiger partial charge < -0.3 is 10.4 Å². The molecule has 1 aromatic heterocycles. The van der Waals surface area contributed by atoms with E-state index in [4.69, 9.17) is 5.11 Å². The summed E-state index contributed by atoms with van der Waals surface area (Å²) in [6.45, 7) is 2.20. The summed E-state index contributed by atoms with van der Waals surface area (Å²) in [5, 5.41) is 12.3. The van der Waals surface area contributed by atoms with E-state index >= 15 is 0 Å². The molecule has 1 atom stereocenters. The molecule has 0 aliphatic heterocycles. The molecule has 4 heteroatoms. The topological polar surface area (TPSA) is 62.2 Å². The number of anilines is 1. The molecule has 0 radical (unpaired) electrons. The van der Waals surface area contributed by atoms with Crippen LogP contribution >= 0.6 is 0 Å². The lowest BCUT2D eigenvalue weighted by Gasteiger charge is -2.30. The third-order valence-corrected chi connectivity index (χ3v) is 3.99. The van der Waals surface area contributed by atoms with Crippen molar-refractivity contribution >= 4 is 11.7 Å². The molecular weight excluding hydrogens is 240 g/mol. The van der Waals surface area contributed by atoms with Crippen LogP contribution in [0.2, 0.25) is 0 Å². The van der Waals surface area contributed by atoms with Crippen LogP contribution in [0.5, 0.6) is 0 Å². The molecule has 1 fully saturated rings. The number of hydrogen-bond acceptors (Lipinski definition) is 3. The van der Waals surface area contributed by atoms with E-state index in [2.05, 4.69) is 17.2 Å². The van der Waals surface area contributed by atoms with E-state index in [-0.39, 0.29) is 5.69 Å². The van der Waals surface area contributed by atoms with E-state index in [1.54, 1.807) is 12.3 Å². The highest BCUT2D eigenvalue weighted by atomic mass is 16.4. The number of rotatable bonds is 5. The smallest absolute Gasteiger partial charge is 0.354 e. The molecular formula is C15H22N2O2. The van der Waals surface area contributed by atoms with Gasteiger partial charge in [0.05, 0.1) is 11.9 Å². The van der Waals surface area contributed by atoms with Gasteiger partial charge in [0, 0.05) is 6.04 Å². The summed E-state index contributed by atoms with van der Waals surface area (Å²) in [6.07, 6.45) is 9.33. The molecule has 4 nitrogen and oxygen atoms in total. The molecule has 1 aromatic rings. The monoisotopic (exact) mass is 262 g/mol. The lowest BCUT2D eigenvalue weighted by Crippen LogP contribution is -2.30. The number of aromatic carboxylic acids is 1. The van der Waals surface area contributed by atoms with Crippen LogP contribution in [0.15, 0.2) is 18.3 Å². The highest BCUT2D eigenvalue weighted by Crippen LogP contribution is 2.29. The second kappa shape index (κ2) is 6.55. The summed E-state index contributed by atoms with van der Waals surface area (Å²) >= 11 is 0. The standard InChI is InChI=1S/C15H22N2O2/c1-2-13(11-6-4-3-5-7-11)17-12-8-9-14(15(18)19)16-10-12/h8-11,13,17H,2-7H2,1H3,(H,18,19). The maximum absolute atomic E-state index is 10.8. The Hall–Kier alpha value is -1.58. The summed E-state index contributed by atoms with van der Waals surface area (Å²) in [7, 11) is 0. The third-order valence-electron chi connectivity index (χ3n) is 3.99. The Labute approximate surface area is 114 Å². The Bertz CT molecular complexity index is 411. The molecule has 19 heavy (non-hydrogen) atoms. The second-order valence-electron chi connectivity index (χ2n) is 5.29. The normalized spacial score (nSPS) is 17.9. The molecule has 1 saturated carbocycles. The minimum Gasteiger partial charge on any atom is -0.477 e. The first-order valence-corrected chi connectivity index (χ1v) is 7.16. The van der Waals surface area contributed by atoms with E-state index in [0.29, 0.717) is 6.04 Å². The van der Waals surface area contributed by atoms with Crippen molar-refractivity contribution in [1.82, 2.24) is 4.98 Å².